The van der Waals surface area contributed by atoms with Crippen LogP contribution in [0.15, 0.2) is 76.3 Å². The second-order valence-electron chi connectivity index (χ2n) is 8.60. The summed E-state index contributed by atoms with van der Waals surface area (Å²) in [5, 5.41) is 6.88. The first-order chi connectivity index (χ1) is 17.3. The zero-order chi connectivity index (χ0) is 26.1. The van der Waals surface area contributed by atoms with Gasteiger partial charge in [0.15, 0.2) is 11.5 Å². The monoisotopic (exact) mass is 551 g/mol. The van der Waals surface area contributed by atoms with Gasteiger partial charge in [0.1, 0.15) is 12.6 Å². The Bertz CT molecular complexity index is 1210. The topological polar surface area (TPSA) is 89.0 Å². The van der Waals surface area contributed by atoms with Gasteiger partial charge in [0, 0.05) is 5.56 Å². The number of nitrogens with zero attached hydrogens (tertiary/aromatic N) is 1. The highest BCUT2D eigenvalue weighted by Crippen LogP contribution is 2.36. The van der Waals surface area contributed by atoms with Crippen LogP contribution >= 0.6 is 15.9 Å². The van der Waals surface area contributed by atoms with Gasteiger partial charge in [0.25, 0.3) is 11.8 Å². The van der Waals surface area contributed by atoms with Gasteiger partial charge in [-0.2, -0.15) is 5.10 Å². The number of methoxy groups -OCH3 is 1. The first-order valence-corrected chi connectivity index (χ1v) is 12.3. The molecular weight excluding hydrogens is 522 g/mol. The predicted molar refractivity (Wildman–Crippen MR) is 144 cm³/mol. The summed E-state index contributed by atoms with van der Waals surface area (Å²) in [6.45, 7) is 6.06. The standard InChI is InChI=1S/C28H30BrN3O4/c1-18(2)25(31-27(33)22-12-10-19(3)11-13-22)28(34)32-30-16-21-14-23(29)26(24(15-21)35-4)36-17-20-8-6-5-7-9-20/h5-16,18,25H,17H2,1-4H3,(H,31,33)(H,32,34). The summed E-state index contributed by atoms with van der Waals surface area (Å²) >= 11 is 3.53. The van der Waals surface area contributed by atoms with Crippen molar-refractivity contribution in [3.05, 3.63) is 93.5 Å². The molecule has 1 unspecified atom stereocenters. The van der Waals surface area contributed by atoms with Crippen LogP contribution in [0.25, 0.3) is 0 Å². The van der Waals surface area contributed by atoms with Crippen LogP contribution in [0.4, 0.5) is 0 Å². The van der Waals surface area contributed by atoms with Crippen molar-refractivity contribution < 1.29 is 19.1 Å². The maximum absolute atomic E-state index is 12.8. The van der Waals surface area contributed by atoms with Crippen molar-refractivity contribution >= 4 is 34.0 Å². The molecule has 0 saturated carbocycles. The summed E-state index contributed by atoms with van der Waals surface area (Å²) in [5.41, 5.74) is 5.80. The molecule has 3 rings (SSSR count). The van der Waals surface area contributed by atoms with Crippen LogP contribution in [0, 0.1) is 12.8 Å². The fourth-order valence-corrected chi connectivity index (χ4v) is 3.96. The van der Waals surface area contributed by atoms with Crippen molar-refractivity contribution in [3.63, 3.8) is 0 Å². The summed E-state index contributed by atoms with van der Waals surface area (Å²) in [4.78, 5) is 25.4. The van der Waals surface area contributed by atoms with E-state index in [1.54, 1.807) is 25.3 Å². The Morgan fingerprint density at radius 1 is 1.06 bits per heavy atom. The average molecular weight is 552 g/mol. The minimum Gasteiger partial charge on any atom is -0.493 e. The molecule has 8 heteroatoms. The Morgan fingerprint density at radius 2 is 1.75 bits per heavy atom. The number of ether oxygens (including phenoxy) is 2. The number of rotatable bonds is 10. The lowest BCUT2D eigenvalue weighted by Gasteiger charge is -2.20. The molecule has 0 saturated heterocycles. The maximum Gasteiger partial charge on any atom is 0.262 e. The smallest absolute Gasteiger partial charge is 0.262 e. The lowest BCUT2D eigenvalue weighted by Crippen LogP contribution is -2.48. The minimum atomic E-state index is -0.744. The highest BCUT2D eigenvalue weighted by molar-refractivity contribution is 9.10. The van der Waals surface area contributed by atoms with Crippen LogP contribution in [0.1, 0.15) is 40.9 Å². The molecule has 0 aromatic heterocycles. The van der Waals surface area contributed by atoms with Crippen molar-refractivity contribution in [3.8, 4) is 11.5 Å². The van der Waals surface area contributed by atoms with Crippen LogP contribution in [-0.4, -0.2) is 31.2 Å². The Labute approximate surface area is 220 Å². The molecule has 36 heavy (non-hydrogen) atoms. The average Bonchev–Trinajstić information content (AvgIpc) is 2.87. The SMILES string of the molecule is COc1cc(C=NNC(=O)C(NC(=O)c2ccc(C)cc2)C(C)C)cc(Br)c1OCc1ccccc1. The van der Waals surface area contributed by atoms with E-state index in [0.29, 0.717) is 33.7 Å². The predicted octanol–water partition coefficient (Wildman–Crippen LogP) is 5.25. The van der Waals surface area contributed by atoms with Gasteiger partial charge in [-0.15, -0.1) is 0 Å². The van der Waals surface area contributed by atoms with E-state index in [9.17, 15) is 9.59 Å². The maximum atomic E-state index is 12.8. The van der Waals surface area contributed by atoms with E-state index in [1.165, 1.54) is 6.21 Å². The van der Waals surface area contributed by atoms with E-state index >= 15 is 0 Å². The summed E-state index contributed by atoms with van der Waals surface area (Å²) in [6.07, 6.45) is 1.51. The number of aryl methyl sites for hydroxylation is 1. The molecule has 3 aromatic carbocycles. The van der Waals surface area contributed by atoms with E-state index in [-0.39, 0.29) is 11.8 Å². The van der Waals surface area contributed by atoms with Gasteiger partial charge in [-0.25, -0.2) is 5.43 Å². The lowest BCUT2D eigenvalue weighted by atomic mass is 10.0. The van der Waals surface area contributed by atoms with Crippen molar-refractivity contribution in [2.75, 3.05) is 7.11 Å². The number of hydrogen-bond acceptors (Lipinski definition) is 5. The molecule has 0 heterocycles. The molecule has 0 radical (unpaired) electrons. The molecule has 0 aliphatic rings. The normalized spacial score (nSPS) is 11.8. The van der Waals surface area contributed by atoms with Gasteiger partial charge >= 0.3 is 0 Å². The number of amides is 2. The number of nitrogens with one attached hydrogen (secondary N) is 2. The molecule has 0 aliphatic heterocycles. The van der Waals surface area contributed by atoms with Gasteiger partial charge in [0.2, 0.25) is 0 Å². The van der Waals surface area contributed by atoms with Gasteiger partial charge in [-0.05, 0) is 64.2 Å². The molecular formula is C28H30BrN3O4. The van der Waals surface area contributed by atoms with Crippen LogP contribution in [0.3, 0.4) is 0 Å². The van der Waals surface area contributed by atoms with Crippen molar-refractivity contribution in [1.82, 2.24) is 10.7 Å². The number of carbonyl (C=O) groups excluding carboxylic acids is 2. The molecule has 3 aromatic rings. The Balaban J connectivity index is 1.65. The second kappa shape index (κ2) is 12.9. The third kappa shape index (κ3) is 7.42. The van der Waals surface area contributed by atoms with Gasteiger partial charge in [0.05, 0.1) is 17.8 Å². The molecule has 188 valence electrons. The van der Waals surface area contributed by atoms with Gasteiger partial charge in [-0.3, -0.25) is 9.59 Å². The van der Waals surface area contributed by atoms with E-state index in [0.717, 1.165) is 11.1 Å². The molecule has 0 fully saturated rings. The molecule has 0 spiro atoms. The molecule has 0 aliphatic carbocycles. The van der Waals surface area contributed by atoms with Gasteiger partial charge < -0.3 is 14.8 Å². The Morgan fingerprint density at radius 3 is 2.39 bits per heavy atom. The third-order valence-corrected chi connectivity index (χ3v) is 6.00. The first-order valence-electron chi connectivity index (χ1n) is 11.5. The Kier molecular flexibility index (Phi) is 9.64. The number of hydrogen-bond donors (Lipinski definition) is 2. The van der Waals surface area contributed by atoms with E-state index < -0.39 is 11.9 Å². The summed E-state index contributed by atoms with van der Waals surface area (Å²) in [5.74, 6) is 0.243. The summed E-state index contributed by atoms with van der Waals surface area (Å²) in [6, 6.07) is 19.8. The van der Waals surface area contributed by atoms with Gasteiger partial charge in [-0.1, -0.05) is 61.9 Å². The molecule has 1 atom stereocenters. The van der Waals surface area contributed by atoms with Crippen LogP contribution in [0.5, 0.6) is 11.5 Å². The fraction of sp³-hybridized carbons (Fsp3) is 0.250. The largest absolute Gasteiger partial charge is 0.493 e. The van der Waals surface area contributed by atoms with E-state index in [2.05, 4.69) is 31.8 Å². The Hall–Kier alpha value is -3.65. The summed E-state index contributed by atoms with van der Waals surface area (Å²) in [7, 11) is 1.56. The van der Waals surface area contributed by atoms with Crippen LogP contribution in [-0.2, 0) is 11.4 Å². The van der Waals surface area contributed by atoms with E-state index in [4.69, 9.17) is 9.47 Å². The molecule has 0 bridgehead atoms. The van der Waals surface area contributed by atoms with Crippen LogP contribution in [0.2, 0.25) is 0 Å². The van der Waals surface area contributed by atoms with Crippen molar-refractivity contribution in [2.24, 2.45) is 11.0 Å². The highest BCUT2D eigenvalue weighted by atomic mass is 79.9. The third-order valence-electron chi connectivity index (χ3n) is 5.42. The molecule has 2 amide bonds. The highest BCUT2D eigenvalue weighted by Gasteiger charge is 2.24. The number of hydrazone groups is 1. The van der Waals surface area contributed by atoms with E-state index in [1.807, 2.05) is 69.3 Å². The number of carbonyl (C=O) groups is 2. The van der Waals surface area contributed by atoms with Crippen LogP contribution < -0.4 is 20.2 Å². The zero-order valence-corrected chi connectivity index (χ0v) is 22.3. The number of benzene rings is 3. The zero-order valence-electron chi connectivity index (χ0n) is 20.7. The van der Waals surface area contributed by atoms with Crippen molar-refractivity contribution in [2.45, 2.75) is 33.4 Å². The summed E-state index contributed by atoms with van der Waals surface area (Å²) < 4.78 is 12.1. The quantitative estimate of drug-likeness (QED) is 0.266. The second-order valence-corrected chi connectivity index (χ2v) is 9.46. The molecule has 2 N–H and O–H groups in total. The molecule has 7 nitrogen and oxygen atoms in total. The fourth-order valence-electron chi connectivity index (χ4n) is 3.39. The minimum absolute atomic E-state index is 0.134. The van der Waals surface area contributed by atoms with Crippen molar-refractivity contribution in [1.29, 1.82) is 0 Å². The first kappa shape index (κ1) is 26.9. The number of halogens is 1. The lowest BCUT2D eigenvalue weighted by molar-refractivity contribution is -0.123.